The number of rotatable bonds is 4. The van der Waals surface area contributed by atoms with Gasteiger partial charge in [-0.2, -0.15) is 0 Å². The van der Waals surface area contributed by atoms with Crippen LogP contribution in [-0.4, -0.2) is 14.2 Å². The molecule has 4 heteroatoms. The van der Waals surface area contributed by atoms with Crippen molar-refractivity contribution >= 4 is 0 Å². The van der Waals surface area contributed by atoms with E-state index in [0.29, 0.717) is 17.1 Å². The summed E-state index contributed by atoms with van der Waals surface area (Å²) in [6.45, 7) is 1.96. The Balaban J connectivity index is 2.43. The first-order chi connectivity index (χ1) is 9.56. The van der Waals surface area contributed by atoms with Gasteiger partial charge in [0.2, 0.25) is 0 Å². The van der Waals surface area contributed by atoms with Crippen molar-refractivity contribution < 1.29 is 13.9 Å². The van der Waals surface area contributed by atoms with E-state index in [-0.39, 0.29) is 5.82 Å². The molecule has 0 aliphatic heterocycles. The van der Waals surface area contributed by atoms with E-state index in [9.17, 15) is 4.39 Å². The van der Waals surface area contributed by atoms with Gasteiger partial charge in [-0.3, -0.25) is 0 Å². The van der Waals surface area contributed by atoms with Gasteiger partial charge < -0.3 is 15.2 Å². The molecular weight excluding hydrogens is 257 g/mol. The monoisotopic (exact) mass is 275 g/mol. The van der Waals surface area contributed by atoms with Gasteiger partial charge in [0.15, 0.2) is 0 Å². The fourth-order valence-corrected chi connectivity index (χ4v) is 2.13. The summed E-state index contributed by atoms with van der Waals surface area (Å²) in [6, 6.07) is 9.75. The number of nitrogens with two attached hydrogens (primary N) is 1. The average molecular weight is 275 g/mol. The topological polar surface area (TPSA) is 44.5 Å². The molecule has 1 atom stereocenters. The number of methoxy groups -OCH3 is 2. The molecule has 0 radical (unpaired) electrons. The van der Waals surface area contributed by atoms with Crippen LogP contribution < -0.4 is 15.2 Å². The van der Waals surface area contributed by atoms with E-state index in [4.69, 9.17) is 15.2 Å². The maximum atomic E-state index is 14.1. The highest BCUT2D eigenvalue weighted by Crippen LogP contribution is 2.31. The Labute approximate surface area is 118 Å². The molecule has 0 aliphatic rings. The van der Waals surface area contributed by atoms with Gasteiger partial charge in [0.25, 0.3) is 0 Å². The van der Waals surface area contributed by atoms with E-state index in [1.54, 1.807) is 19.2 Å². The first-order valence-corrected chi connectivity index (χ1v) is 6.30. The van der Waals surface area contributed by atoms with Gasteiger partial charge >= 0.3 is 0 Å². The lowest BCUT2D eigenvalue weighted by Crippen LogP contribution is -2.15. The molecule has 20 heavy (non-hydrogen) atoms. The van der Waals surface area contributed by atoms with Crippen LogP contribution >= 0.6 is 0 Å². The van der Waals surface area contributed by atoms with Crippen LogP contribution in [0, 0.1) is 12.7 Å². The first kappa shape index (κ1) is 14.3. The molecule has 0 fully saturated rings. The Morgan fingerprint density at radius 1 is 1.00 bits per heavy atom. The Hall–Kier alpha value is -2.07. The Morgan fingerprint density at radius 2 is 1.70 bits per heavy atom. The molecule has 3 nitrogen and oxygen atoms in total. The molecule has 0 amide bonds. The second-order valence-corrected chi connectivity index (χ2v) is 4.61. The highest BCUT2D eigenvalue weighted by molar-refractivity contribution is 5.44. The quantitative estimate of drug-likeness (QED) is 0.932. The summed E-state index contributed by atoms with van der Waals surface area (Å²) < 4.78 is 24.4. The normalized spacial score (nSPS) is 12.1. The molecule has 1 unspecified atom stereocenters. The molecule has 2 aromatic rings. The van der Waals surface area contributed by atoms with Crippen LogP contribution in [-0.2, 0) is 0 Å². The van der Waals surface area contributed by atoms with Crippen LogP contribution in [0.2, 0.25) is 0 Å². The summed E-state index contributed by atoms with van der Waals surface area (Å²) in [5, 5.41) is 0. The van der Waals surface area contributed by atoms with E-state index < -0.39 is 6.04 Å². The molecule has 0 aliphatic carbocycles. The highest BCUT2D eigenvalue weighted by atomic mass is 19.1. The third kappa shape index (κ3) is 2.75. The zero-order chi connectivity index (χ0) is 14.7. The van der Waals surface area contributed by atoms with Crippen LogP contribution in [0.15, 0.2) is 36.4 Å². The standard InChI is InChI=1S/C16H18FNO2/c1-10-4-6-13(15(8-10)20-3)16(18)12-7-5-11(19-2)9-14(12)17/h4-9,16H,18H2,1-3H3. The summed E-state index contributed by atoms with van der Waals surface area (Å²) in [4.78, 5) is 0. The zero-order valence-corrected chi connectivity index (χ0v) is 11.8. The van der Waals surface area contributed by atoms with Gasteiger partial charge in [-0.1, -0.05) is 18.2 Å². The number of ether oxygens (including phenoxy) is 2. The molecule has 2 rings (SSSR count). The summed E-state index contributed by atoms with van der Waals surface area (Å²) in [5.41, 5.74) is 8.40. The van der Waals surface area contributed by atoms with Gasteiger partial charge in [-0.05, 0) is 24.6 Å². The number of hydrogen-bond acceptors (Lipinski definition) is 3. The van der Waals surface area contributed by atoms with Gasteiger partial charge in [-0.15, -0.1) is 0 Å². The van der Waals surface area contributed by atoms with E-state index in [2.05, 4.69) is 0 Å². The van der Waals surface area contributed by atoms with Crippen molar-refractivity contribution in [1.29, 1.82) is 0 Å². The van der Waals surface area contributed by atoms with Crippen LogP contribution in [0.1, 0.15) is 22.7 Å². The molecule has 2 N–H and O–H groups in total. The Morgan fingerprint density at radius 3 is 2.30 bits per heavy atom. The molecular formula is C16H18FNO2. The van der Waals surface area contributed by atoms with Crippen molar-refractivity contribution in [3.8, 4) is 11.5 Å². The minimum Gasteiger partial charge on any atom is -0.497 e. The summed E-state index contributed by atoms with van der Waals surface area (Å²) >= 11 is 0. The first-order valence-electron chi connectivity index (χ1n) is 6.30. The predicted molar refractivity (Wildman–Crippen MR) is 76.7 cm³/mol. The van der Waals surface area contributed by atoms with Gasteiger partial charge in [0, 0.05) is 17.2 Å². The second kappa shape index (κ2) is 5.92. The van der Waals surface area contributed by atoms with Crippen molar-refractivity contribution in [3.63, 3.8) is 0 Å². The minimum atomic E-state index is -0.587. The fraction of sp³-hybridized carbons (Fsp3) is 0.250. The van der Waals surface area contributed by atoms with Crippen LogP contribution in [0.4, 0.5) is 4.39 Å². The van der Waals surface area contributed by atoms with Crippen molar-refractivity contribution in [2.24, 2.45) is 5.73 Å². The molecule has 0 bridgehead atoms. The van der Waals surface area contributed by atoms with Gasteiger partial charge in [-0.25, -0.2) is 4.39 Å². The Kier molecular flexibility index (Phi) is 4.25. The molecule has 0 spiro atoms. The zero-order valence-electron chi connectivity index (χ0n) is 11.8. The minimum absolute atomic E-state index is 0.389. The summed E-state index contributed by atoms with van der Waals surface area (Å²) in [6.07, 6.45) is 0. The van der Waals surface area contributed by atoms with Crippen molar-refractivity contribution in [2.75, 3.05) is 14.2 Å². The lowest BCUT2D eigenvalue weighted by molar-refractivity contribution is 0.405. The van der Waals surface area contributed by atoms with E-state index in [1.165, 1.54) is 13.2 Å². The van der Waals surface area contributed by atoms with E-state index in [1.807, 2.05) is 25.1 Å². The van der Waals surface area contributed by atoms with Crippen molar-refractivity contribution in [3.05, 3.63) is 58.9 Å². The SMILES string of the molecule is COc1ccc(C(N)c2ccc(C)cc2OC)c(F)c1. The largest absolute Gasteiger partial charge is 0.497 e. The number of benzene rings is 2. The van der Waals surface area contributed by atoms with Gasteiger partial charge in [0.05, 0.1) is 20.3 Å². The van der Waals surface area contributed by atoms with Crippen LogP contribution in [0.25, 0.3) is 0 Å². The van der Waals surface area contributed by atoms with Crippen LogP contribution in [0.5, 0.6) is 11.5 Å². The summed E-state index contributed by atoms with van der Waals surface area (Å²) in [5.74, 6) is 0.738. The molecule has 0 heterocycles. The molecule has 0 aromatic heterocycles. The third-order valence-corrected chi connectivity index (χ3v) is 3.27. The van der Waals surface area contributed by atoms with Crippen LogP contribution in [0.3, 0.4) is 0 Å². The van der Waals surface area contributed by atoms with Gasteiger partial charge in [0.1, 0.15) is 17.3 Å². The number of aryl methyl sites for hydroxylation is 1. The maximum absolute atomic E-state index is 14.1. The van der Waals surface area contributed by atoms with E-state index in [0.717, 1.165) is 11.1 Å². The predicted octanol–water partition coefficient (Wildman–Crippen LogP) is 3.20. The smallest absolute Gasteiger partial charge is 0.132 e. The van der Waals surface area contributed by atoms with E-state index >= 15 is 0 Å². The average Bonchev–Trinajstić information content (AvgIpc) is 2.46. The second-order valence-electron chi connectivity index (χ2n) is 4.61. The summed E-state index contributed by atoms with van der Waals surface area (Å²) in [7, 11) is 3.08. The lowest BCUT2D eigenvalue weighted by atomic mass is 9.97. The fourth-order valence-electron chi connectivity index (χ4n) is 2.13. The molecule has 106 valence electrons. The Bertz CT molecular complexity index is 613. The molecule has 0 saturated heterocycles. The maximum Gasteiger partial charge on any atom is 0.132 e. The lowest BCUT2D eigenvalue weighted by Gasteiger charge is -2.17. The van der Waals surface area contributed by atoms with Crippen molar-refractivity contribution in [1.82, 2.24) is 0 Å². The number of halogens is 1. The molecule has 0 saturated carbocycles. The third-order valence-electron chi connectivity index (χ3n) is 3.27. The van der Waals surface area contributed by atoms with Crippen molar-refractivity contribution in [2.45, 2.75) is 13.0 Å². The highest BCUT2D eigenvalue weighted by Gasteiger charge is 2.18. The number of hydrogen-bond donors (Lipinski definition) is 1. The molecule has 2 aromatic carbocycles.